The monoisotopic (exact) mass is 187 g/mol. The highest BCUT2D eigenvalue weighted by Crippen LogP contribution is 2.19. The summed E-state index contributed by atoms with van der Waals surface area (Å²) in [5.41, 5.74) is 0. The van der Waals surface area contributed by atoms with Crippen molar-refractivity contribution in [1.82, 2.24) is 4.90 Å². The Kier molecular flexibility index (Phi) is 3.92. The van der Waals surface area contributed by atoms with Gasteiger partial charge in [-0.25, -0.2) is 0 Å². The average molecular weight is 187 g/mol. The molecule has 1 aliphatic heterocycles. The fourth-order valence-corrected chi connectivity index (χ4v) is 2.63. The molecule has 0 aliphatic carbocycles. The Labute approximate surface area is 78.7 Å². The van der Waals surface area contributed by atoms with Gasteiger partial charge in [0.1, 0.15) is 0 Å². The van der Waals surface area contributed by atoms with Gasteiger partial charge >= 0.3 is 0 Å². The molecule has 1 fully saturated rings. The van der Waals surface area contributed by atoms with Crippen molar-refractivity contribution in [1.29, 1.82) is 0 Å². The van der Waals surface area contributed by atoms with E-state index in [4.69, 9.17) is 0 Å². The van der Waals surface area contributed by atoms with Gasteiger partial charge in [-0.2, -0.15) is 11.8 Å². The van der Waals surface area contributed by atoms with Gasteiger partial charge in [0.25, 0.3) is 0 Å². The number of carbonyl (C=O) groups is 1. The molecule has 0 aromatic carbocycles. The van der Waals surface area contributed by atoms with Gasteiger partial charge in [-0.05, 0) is 13.3 Å². The van der Waals surface area contributed by atoms with Crippen LogP contribution in [0, 0.1) is 5.92 Å². The van der Waals surface area contributed by atoms with Crippen LogP contribution in [0.4, 0.5) is 0 Å². The smallest absolute Gasteiger partial charge is 0.226 e. The van der Waals surface area contributed by atoms with Crippen LogP contribution in [0.1, 0.15) is 20.3 Å². The van der Waals surface area contributed by atoms with E-state index < -0.39 is 0 Å². The second-order valence-corrected chi connectivity index (χ2v) is 4.25. The van der Waals surface area contributed by atoms with Crippen molar-refractivity contribution in [3.8, 4) is 0 Å². The van der Waals surface area contributed by atoms with Crippen molar-refractivity contribution in [3.05, 3.63) is 0 Å². The Bertz CT molecular complexity index is 145. The number of nitrogens with zero attached hydrogens (tertiary/aromatic N) is 1. The van der Waals surface area contributed by atoms with Crippen molar-refractivity contribution < 1.29 is 4.79 Å². The largest absolute Gasteiger partial charge is 0.342 e. The molecule has 1 saturated heterocycles. The number of thioether (sulfide) groups is 1. The normalized spacial score (nSPS) is 25.7. The number of amides is 1. The van der Waals surface area contributed by atoms with Crippen LogP contribution in [0.25, 0.3) is 0 Å². The first-order chi connectivity index (χ1) is 5.79. The van der Waals surface area contributed by atoms with Crippen LogP contribution in [0.2, 0.25) is 0 Å². The number of hydrogen-bond acceptors (Lipinski definition) is 2. The van der Waals surface area contributed by atoms with E-state index in [-0.39, 0.29) is 5.92 Å². The molecule has 1 amide bonds. The van der Waals surface area contributed by atoms with Gasteiger partial charge in [-0.1, -0.05) is 6.92 Å². The molecule has 3 heteroatoms. The molecule has 70 valence electrons. The van der Waals surface area contributed by atoms with E-state index in [1.54, 1.807) is 0 Å². The molecular weight excluding hydrogens is 170 g/mol. The minimum absolute atomic E-state index is 0.275. The highest BCUT2D eigenvalue weighted by atomic mass is 32.2. The zero-order chi connectivity index (χ0) is 8.97. The lowest BCUT2D eigenvalue weighted by Crippen LogP contribution is -2.35. The summed E-state index contributed by atoms with van der Waals surface area (Å²) in [5.74, 6) is 2.77. The maximum atomic E-state index is 11.7. The first kappa shape index (κ1) is 9.90. The van der Waals surface area contributed by atoms with E-state index in [0.717, 1.165) is 31.0 Å². The summed E-state index contributed by atoms with van der Waals surface area (Å²) in [4.78, 5) is 13.7. The lowest BCUT2D eigenvalue weighted by Gasteiger charge is -2.21. The molecule has 0 aromatic rings. The number of hydrogen-bond donors (Lipinski definition) is 0. The summed E-state index contributed by atoms with van der Waals surface area (Å²) in [6.07, 6.45) is 0.988. The average Bonchev–Trinajstić information content (AvgIpc) is 2.27. The predicted molar refractivity (Wildman–Crippen MR) is 53.4 cm³/mol. The Morgan fingerprint density at radius 3 is 2.92 bits per heavy atom. The van der Waals surface area contributed by atoms with Crippen LogP contribution in [-0.2, 0) is 4.79 Å². The number of rotatable bonds is 2. The molecule has 1 atom stereocenters. The van der Waals surface area contributed by atoms with Gasteiger partial charge < -0.3 is 4.90 Å². The van der Waals surface area contributed by atoms with Crippen LogP contribution in [-0.4, -0.2) is 35.4 Å². The van der Waals surface area contributed by atoms with E-state index in [0.29, 0.717) is 5.91 Å². The van der Waals surface area contributed by atoms with Crippen molar-refractivity contribution in [2.24, 2.45) is 5.92 Å². The Hall–Kier alpha value is -0.180. The number of carbonyl (C=O) groups excluding carboxylic acids is 1. The third-order valence-corrected chi connectivity index (χ3v) is 3.47. The fourth-order valence-electron chi connectivity index (χ4n) is 1.45. The second-order valence-electron chi connectivity index (χ2n) is 3.10. The topological polar surface area (TPSA) is 20.3 Å². The van der Waals surface area contributed by atoms with Crippen molar-refractivity contribution in [2.75, 3.05) is 24.6 Å². The highest BCUT2D eigenvalue weighted by molar-refractivity contribution is 7.99. The quantitative estimate of drug-likeness (QED) is 0.654. The van der Waals surface area contributed by atoms with Gasteiger partial charge in [0, 0.05) is 30.5 Å². The Morgan fingerprint density at radius 1 is 1.58 bits per heavy atom. The minimum Gasteiger partial charge on any atom is -0.342 e. The van der Waals surface area contributed by atoms with Gasteiger partial charge in [0.05, 0.1) is 0 Å². The first-order valence-corrected chi connectivity index (χ1v) is 5.81. The molecule has 0 aromatic heterocycles. The summed E-state index contributed by atoms with van der Waals surface area (Å²) in [7, 11) is 0. The fraction of sp³-hybridized carbons (Fsp3) is 0.889. The van der Waals surface area contributed by atoms with Crippen LogP contribution in [0.15, 0.2) is 0 Å². The molecule has 1 unspecified atom stereocenters. The zero-order valence-electron chi connectivity index (χ0n) is 7.88. The van der Waals surface area contributed by atoms with Crippen molar-refractivity contribution in [2.45, 2.75) is 20.3 Å². The van der Waals surface area contributed by atoms with Gasteiger partial charge in [0.2, 0.25) is 5.91 Å². The molecule has 0 bridgehead atoms. The molecule has 1 rings (SSSR count). The maximum Gasteiger partial charge on any atom is 0.226 e. The van der Waals surface area contributed by atoms with Crippen LogP contribution in [0.5, 0.6) is 0 Å². The van der Waals surface area contributed by atoms with Crippen LogP contribution >= 0.6 is 11.8 Å². The predicted octanol–water partition coefficient (Wildman–Crippen LogP) is 1.61. The summed E-state index contributed by atoms with van der Waals surface area (Å²) < 4.78 is 0. The second kappa shape index (κ2) is 4.75. The Morgan fingerprint density at radius 2 is 2.33 bits per heavy atom. The van der Waals surface area contributed by atoms with Gasteiger partial charge in [0.15, 0.2) is 0 Å². The van der Waals surface area contributed by atoms with Crippen LogP contribution in [0.3, 0.4) is 0 Å². The molecule has 0 N–H and O–H groups in total. The third-order valence-electron chi connectivity index (χ3n) is 2.36. The Balaban J connectivity index is 2.59. The molecule has 0 spiro atoms. The van der Waals surface area contributed by atoms with Crippen molar-refractivity contribution >= 4 is 17.7 Å². The summed E-state index contributed by atoms with van der Waals surface area (Å²) in [6.45, 7) is 5.97. The van der Waals surface area contributed by atoms with E-state index in [1.807, 2.05) is 16.7 Å². The lowest BCUT2D eigenvalue weighted by molar-refractivity contribution is -0.134. The summed E-state index contributed by atoms with van der Waals surface area (Å²) in [5, 5.41) is 0. The van der Waals surface area contributed by atoms with E-state index in [9.17, 15) is 4.79 Å². The molecule has 0 saturated carbocycles. The standard InChI is InChI=1S/C9H17NOS/c1-3-8-7-12-6-5-10(4-2)9(8)11/h8H,3-7H2,1-2H3. The zero-order valence-corrected chi connectivity index (χ0v) is 8.69. The van der Waals surface area contributed by atoms with Gasteiger partial charge in [-0.3, -0.25) is 4.79 Å². The van der Waals surface area contributed by atoms with Crippen molar-refractivity contribution in [3.63, 3.8) is 0 Å². The maximum absolute atomic E-state index is 11.7. The first-order valence-electron chi connectivity index (χ1n) is 4.66. The molecule has 2 nitrogen and oxygen atoms in total. The van der Waals surface area contributed by atoms with Crippen LogP contribution < -0.4 is 0 Å². The van der Waals surface area contributed by atoms with E-state index in [2.05, 4.69) is 13.8 Å². The molecule has 12 heavy (non-hydrogen) atoms. The summed E-state index contributed by atoms with van der Waals surface area (Å²) >= 11 is 1.91. The van der Waals surface area contributed by atoms with Gasteiger partial charge in [-0.15, -0.1) is 0 Å². The van der Waals surface area contributed by atoms with E-state index in [1.165, 1.54) is 0 Å². The lowest BCUT2D eigenvalue weighted by atomic mass is 10.1. The molecular formula is C9H17NOS. The van der Waals surface area contributed by atoms with E-state index >= 15 is 0 Å². The molecule has 0 radical (unpaired) electrons. The highest BCUT2D eigenvalue weighted by Gasteiger charge is 2.24. The molecule has 1 heterocycles. The molecule has 1 aliphatic rings. The minimum atomic E-state index is 0.275. The SMILES string of the molecule is CCC1CSCCN(CC)C1=O. The summed E-state index contributed by atoms with van der Waals surface area (Å²) in [6, 6.07) is 0. The third kappa shape index (κ3) is 2.16.